The molecule has 1 N–H and O–H groups in total. The third kappa shape index (κ3) is 4.96. The van der Waals surface area contributed by atoms with Crippen molar-refractivity contribution < 1.29 is 35.9 Å². The van der Waals surface area contributed by atoms with E-state index in [0.29, 0.717) is 23.4 Å². The molecular weight excluding hydrogens is 578 g/mol. The van der Waals surface area contributed by atoms with Crippen LogP contribution >= 0.6 is 0 Å². The number of benzene rings is 2. The second kappa shape index (κ2) is 10.4. The Bertz CT molecular complexity index is 1720. The Labute approximate surface area is 240 Å². The topological polar surface area (TPSA) is 83.4 Å². The molecule has 2 aliphatic heterocycles. The molecule has 0 bridgehead atoms. The normalized spacial score (nSPS) is 16.6. The molecule has 0 saturated carbocycles. The van der Waals surface area contributed by atoms with Crippen LogP contribution in [0.15, 0.2) is 67.0 Å². The third-order valence-corrected chi connectivity index (χ3v) is 7.82. The summed E-state index contributed by atoms with van der Waals surface area (Å²) in [4.78, 5) is 33.7. The average molecular weight is 601 g/mol. The van der Waals surface area contributed by atoms with Crippen molar-refractivity contribution in [3.63, 3.8) is 0 Å². The molecule has 4 aromatic rings. The van der Waals surface area contributed by atoms with E-state index in [0.717, 1.165) is 22.9 Å². The number of anilines is 1. The van der Waals surface area contributed by atoms with Crippen molar-refractivity contribution in [3.05, 3.63) is 95.7 Å². The summed E-state index contributed by atoms with van der Waals surface area (Å²) in [7, 11) is 0. The summed E-state index contributed by atoms with van der Waals surface area (Å²) in [6.45, 7) is 0.293. The second-order valence-corrected chi connectivity index (χ2v) is 10.2. The van der Waals surface area contributed by atoms with Crippen LogP contribution in [0.1, 0.15) is 28.9 Å². The van der Waals surface area contributed by atoms with Gasteiger partial charge in [0.25, 0.3) is 5.91 Å². The zero-order valence-corrected chi connectivity index (χ0v) is 22.2. The van der Waals surface area contributed by atoms with Gasteiger partial charge >= 0.3 is 6.18 Å². The van der Waals surface area contributed by atoms with E-state index in [4.69, 9.17) is 0 Å². The first kappa shape index (κ1) is 28.2. The summed E-state index contributed by atoms with van der Waals surface area (Å²) in [6.07, 6.45) is -1.65. The van der Waals surface area contributed by atoms with Crippen LogP contribution in [0.25, 0.3) is 16.9 Å². The molecule has 0 unspecified atom stereocenters. The molecule has 2 aromatic heterocycles. The number of halogens is 6. The lowest BCUT2D eigenvalue weighted by Crippen LogP contribution is -2.57. The molecule has 2 aromatic carbocycles. The molecule has 6 rings (SSSR count). The fraction of sp³-hybridized carbons (Fsp3) is 0.241. The molecule has 43 heavy (non-hydrogen) atoms. The van der Waals surface area contributed by atoms with Crippen LogP contribution < -0.4 is 10.2 Å². The molecule has 4 heterocycles. The lowest BCUT2D eigenvalue weighted by molar-refractivity contribution is -0.140. The molecule has 2 amide bonds. The summed E-state index contributed by atoms with van der Waals surface area (Å²) < 4.78 is 83.0. The maximum absolute atomic E-state index is 14.0. The van der Waals surface area contributed by atoms with Crippen LogP contribution in [0.3, 0.4) is 0 Å². The van der Waals surface area contributed by atoms with Crippen LogP contribution in [-0.2, 0) is 11.0 Å². The number of nitrogens with zero attached hydrogens (tertiary/aromatic N) is 5. The predicted molar refractivity (Wildman–Crippen MR) is 141 cm³/mol. The van der Waals surface area contributed by atoms with E-state index in [9.17, 15) is 35.9 Å². The first-order valence-electron chi connectivity index (χ1n) is 13.2. The average Bonchev–Trinajstić information content (AvgIpc) is 3.57. The van der Waals surface area contributed by atoms with E-state index in [1.165, 1.54) is 29.4 Å². The Morgan fingerprint density at radius 2 is 1.63 bits per heavy atom. The molecule has 0 atom stereocenters. The van der Waals surface area contributed by atoms with E-state index in [1.807, 2.05) is 0 Å². The number of likely N-dealkylation sites (tertiary alicyclic amines) is 1. The van der Waals surface area contributed by atoms with Crippen LogP contribution in [0, 0.1) is 17.5 Å². The van der Waals surface area contributed by atoms with Crippen LogP contribution in [0.4, 0.5) is 32.0 Å². The molecular formula is C29H22F6N6O2. The summed E-state index contributed by atoms with van der Waals surface area (Å²) in [5, 5.41) is 7.05. The van der Waals surface area contributed by atoms with Gasteiger partial charge in [0.05, 0.1) is 23.6 Å². The van der Waals surface area contributed by atoms with Gasteiger partial charge in [-0.3, -0.25) is 14.6 Å². The van der Waals surface area contributed by atoms with Crippen molar-refractivity contribution in [3.8, 4) is 16.9 Å². The first-order valence-corrected chi connectivity index (χ1v) is 13.2. The van der Waals surface area contributed by atoms with E-state index < -0.39 is 40.6 Å². The standard InChI is InChI=1S/C29H22F6N6O2/c30-21-5-4-19(12-20(21)29(33,34)35)41-25(17-2-1-9-36-15-17)14-24(38-41)26(42)39-10-7-28(8-11-39)27(43)37-16-40(28)18-3-6-22(31)23(32)13-18/h1-6,9,12-15H,7-8,10-11,16H2,(H,37,43). The van der Waals surface area contributed by atoms with Gasteiger partial charge in [-0.05, 0) is 61.4 Å². The lowest BCUT2D eigenvalue weighted by Gasteiger charge is -2.43. The predicted octanol–water partition coefficient (Wildman–Crippen LogP) is 4.94. The summed E-state index contributed by atoms with van der Waals surface area (Å²) in [5.41, 5.74) is -1.75. The van der Waals surface area contributed by atoms with Gasteiger partial charge < -0.3 is 15.1 Å². The van der Waals surface area contributed by atoms with Crippen molar-refractivity contribution in [1.82, 2.24) is 25.0 Å². The largest absolute Gasteiger partial charge is 0.419 e. The number of nitrogens with one attached hydrogen (secondary N) is 1. The summed E-state index contributed by atoms with van der Waals surface area (Å²) in [5.74, 6) is -4.35. The highest BCUT2D eigenvalue weighted by atomic mass is 19.4. The molecule has 1 spiro atoms. The fourth-order valence-corrected chi connectivity index (χ4v) is 5.58. The summed E-state index contributed by atoms with van der Waals surface area (Å²) >= 11 is 0. The lowest BCUT2D eigenvalue weighted by atomic mass is 9.85. The number of hydrogen-bond acceptors (Lipinski definition) is 5. The highest BCUT2D eigenvalue weighted by Crippen LogP contribution is 2.38. The molecule has 8 nitrogen and oxygen atoms in total. The number of amides is 2. The van der Waals surface area contributed by atoms with Gasteiger partial charge in [-0.2, -0.15) is 18.3 Å². The maximum Gasteiger partial charge on any atom is 0.419 e. The van der Waals surface area contributed by atoms with Crippen molar-refractivity contribution in [2.24, 2.45) is 0 Å². The minimum Gasteiger partial charge on any atom is -0.339 e. The molecule has 2 saturated heterocycles. The van der Waals surface area contributed by atoms with Crippen molar-refractivity contribution >= 4 is 17.5 Å². The number of carbonyl (C=O) groups is 2. The fourth-order valence-electron chi connectivity index (χ4n) is 5.58. The number of aromatic nitrogens is 3. The van der Waals surface area contributed by atoms with Gasteiger partial charge in [-0.15, -0.1) is 0 Å². The SMILES string of the molecule is O=C(c1cc(-c2cccnc2)n(-c2ccc(F)c(C(F)(F)F)c2)n1)N1CCC2(CC1)C(=O)NCN2c1ccc(F)c(F)c1. The van der Waals surface area contributed by atoms with E-state index >= 15 is 0 Å². The smallest absolute Gasteiger partial charge is 0.339 e. The molecule has 0 radical (unpaired) electrons. The quantitative estimate of drug-likeness (QED) is 0.336. The van der Waals surface area contributed by atoms with Crippen LogP contribution in [0.2, 0.25) is 0 Å². The highest BCUT2D eigenvalue weighted by Gasteiger charge is 2.51. The highest BCUT2D eigenvalue weighted by molar-refractivity contribution is 5.96. The third-order valence-electron chi connectivity index (χ3n) is 7.82. The first-order chi connectivity index (χ1) is 20.5. The Kier molecular flexibility index (Phi) is 6.86. The monoisotopic (exact) mass is 600 g/mol. The molecule has 2 aliphatic rings. The summed E-state index contributed by atoms with van der Waals surface area (Å²) in [6, 6.07) is 10.5. The zero-order valence-electron chi connectivity index (χ0n) is 22.2. The molecule has 2 fully saturated rings. The second-order valence-electron chi connectivity index (χ2n) is 10.2. The van der Waals surface area contributed by atoms with Gasteiger partial charge in [-0.25, -0.2) is 17.9 Å². The number of pyridine rings is 1. The Morgan fingerprint density at radius 3 is 2.30 bits per heavy atom. The maximum atomic E-state index is 14.0. The number of alkyl halides is 3. The van der Waals surface area contributed by atoms with Gasteiger partial charge in [0.1, 0.15) is 11.4 Å². The Balaban J connectivity index is 1.30. The Morgan fingerprint density at radius 1 is 0.907 bits per heavy atom. The van der Waals surface area contributed by atoms with Gasteiger partial charge in [0.2, 0.25) is 5.91 Å². The van der Waals surface area contributed by atoms with E-state index in [1.54, 1.807) is 17.0 Å². The van der Waals surface area contributed by atoms with Crippen molar-refractivity contribution in [2.45, 2.75) is 24.6 Å². The van der Waals surface area contributed by atoms with Crippen LogP contribution in [-0.4, -0.2) is 56.8 Å². The zero-order chi connectivity index (χ0) is 30.5. The van der Waals surface area contributed by atoms with Crippen molar-refractivity contribution in [2.75, 3.05) is 24.7 Å². The number of hydrogen-bond donors (Lipinski definition) is 1. The molecule has 14 heteroatoms. The van der Waals surface area contributed by atoms with E-state index in [2.05, 4.69) is 15.4 Å². The number of carbonyl (C=O) groups excluding carboxylic acids is 2. The van der Waals surface area contributed by atoms with Gasteiger partial charge in [0, 0.05) is 42.8 Å². The number of rotatable bonds is 4. The van der Waals surface area contributed by atoms with Crippen LogP contribution in [0.5, 0.6) is 0 Å². The molecule has 0 aliphatic carbocycles. The van der Waals surface area contributed by atoms with Crippen molar-refractivity contribution in [1.29, 1.82) is 0 Å². The minimum absolute atomic E-state index is 0.0777. The molecule has 222 valence electrons. The van der Waals surface area contributed by atoms with Gasteiger partial charge in [0.15, 0.2) is 17.3 Å². The van der Waals surface area contributed by atoms with E-state index in [-0.39, 0.29) is 55.6 Å². The minimum atomic E-state index is -4.95. The Hall–Kier alpha value is -4.88. The number of piperidine rings is 1. The van der Waals surface area contributed by atoms with Gasteiger partial charge in [-0.1, -0.05) is 0 Å².